The summed E-state index contributed by atoms with van der Waals surface area (Å²) in [5.74, 6) is 0. The summed E-state index contributed by atoms with van der Waals surface area (Å²) < 4.78 is 0. The summed E-state index contributed by atoms with van der Waals surface area (Å²) in [6.45, 7) is 0. The van der Waals surface area contributed by atoms with Crippen molar-refractivity contribution in [1.82, 2.24) is 4.98 Å². The Labute approximate surface area is 82.1 Å². The molecule has 0 aliphatic heterocycles. The van der Waals surface area contributed by atoms with Gasteiger partial charge in [-0.1, -0.05) is 18.2 Å². The SMILES string of the molecule is N#C/C=C/c1cccc2cnccc12. The zero-order chi connectivity index (χ0) is 9.80. The van der Waals surface area contributed by atoms with Crippen LogP contribution >= 0.6 is 0 Å². The highest BCUT2D eigenvalue weighted by Gasteiger charge is 1.95. The summed E-state index contributed by atoms with van der Waals surface area (Å²) in [6, 6.07) is 9.88. The molecule has 14 heavy (non-hydrogen) atoms. The highest BCUT2D eigenvalue weighted by Crippen LogP contribution is 2.18. The molecular weight excluding hydrogens is 172 g/mol. The van der Waals surface area contributed by atoms with Gasteiger partial charge in [0, 0.05) is 23.9 Å². The highest BCUT2D eigenvalue weighted by atomic mass is 14.6. The number of hydrogen-bond donors (Lipinski definition) is 0. The minimum atomic E-state index is 1.05. The van der Waals surface area contributed by atoms with Gasteiger partial charge in [-0.15, -0.1) is 0 Å². The van der Waals surface area contributed by atoms with Gasteiger partial charge in [0.1, 0.15) is 0 Å². The van der Waals surface area contributed by atoms with Crippen LogP contribution in [0.5, 0.6) is 0 Å². The van der Waals surface area contributed by atoms with Crippen LogP contribution in [0.4, 0.5) is 0 Å². The van der Waals surface area contributed by atoms with Gasteiger partial charge in [-0.25, -0.2) is 0 Å². The van der Waals surface area contributed by atoms with Crippen LogP contribution in [0.3, 0.4) is 0 Å². The van der Waals surface area contributed by atoms with Crippen molar-refractivity contribution in [2.24, 2.45) is 0 Å². The van der Waals surface area contributed by atoms with Gasteiger partial charge in [0.25, 0.3) is 0 Å². The van der Waals surface area contributed by atoms with Crippen molar-refractivity contribution < 1.29 is 0 Å². The number of nitrogens with zero attached hydrogens (tertiary/aromatic N) is 2. The van der Waals surface area contributed by atoms with Crippen LogP contribution in [-0.2, 0) is 0 Å². The maximum atomic E-state index is 8.45. The average molecular weight is 180 g/mol. The lowest BCUT2D eigenvalue weighted by Gasteiger charge is -1.99. The molecule has 1 aromatic carbocycles. The Morgan fingerprint density at radius 1 is 1.29 bits per heavy atom. The van der Waals surface area contributed by atoms with Gasteiger partial charge >= 0.3 is 0 Å². The largest absolute Gasteiger partial charge is 0.264 e. The number of allylic oxidation sites excluding steroid dienone is 1. The van der Waals surface area contributed by atoms with E-state index in [1.54, 1.807) is 6.20 Å². The Morgan fingerprint density at radius 3 is 3.07 bits per heavy atom. The molecule has 0 fully saturated rings. The van der Waals surface area contributed by atoms with E-state index in [1.807, 2.05) is 42.6 Å². The monoisotopic (exact) mass is 180 g/mol. The molecule has 0 radical (unpaired) electrons. The minimum absolute atomic E-state index is 1.05. The molecule has 1 aromatic heterocycles. The van der Waals surface area contributed by atoms with Gasteiger partial charge in [-0.2, -0.15) is 5.26 Å². The molecule has 0 unspecified atom stereocenters. The Bertz CT molecular complexity index is 516. The van der Waals surface area contributed by atoms with Crippen molar-refractivity contribution in [2.75, 3.05) is 0 Å². The van der Waals surface area contributed by atoms with E-state index in [1.165, 1.54) is 6.08 Å². The minimum Gasteiger partial charge on any atom is -0.264 e. The van der Waals surface area contributed by atoms with Crippen LogP contribution in [0.2, 0.25) is 0 Å². The van der Waals surface area contributed by atoms with Crippen LogP contribution in [0, 0.1) is 11.3 Å². The molecule has 0 N–H and O–H groups in total. The van der Waals surface area contributed by atoms with Crippen molar-refractivity contribution in [3.8, 4) is 6.07 Å². The van der Waals surface area contributed by atoms with Gasteiger partial charge in [0.2, 0.25) is 0 Å². The van der Waals surface area contributed by atoms with Crippen LogP contribution in [-0.4, -0.2) is 4.98 Å². The van der Waals surface area contributed by atoms with E-state index < -0.39 is 0 Å². The topological polar surface area (TPSA) is 36.7 Å². The van der Waals surface area contributed by atoms with E-state index in [9.17, 15) is 0 Å². The third-order valence-electron chi connectivity index (χ3n) is 2.05. The van der Waals surface area contributed by atoms with Gasteiger partial charge in [0.05, 0.1) is 6.07 Å². The average Bonchev–Trinajstić information content (AvgIpc) is 2.26. The number of rotatable bonds is 1. The van der Waals surface area contributed by atoms with Gasteiger partial charge in [-0.3, -0.25) is 4.98 Å². The van der Waals surface area contributed by atoms with E-state index in [0.717, 1.165) is 16.3 Å². The standard InChI is InChI=1S/C12H8N2/c13-7-2-5-10-3-1-4-11-9-14-8-6-12(10)11/h1-6,8-9H/b5-2+. The fraction of sp³-hybridized carbons (Fsp3) is 0. The second-order valence-electron chi connectivity index (χ2n) is 2.91. The summed E-state index contributed by atoms with van der Waals surface area (Å²) in [5, 5.41) is 10.7. The fourth-order valence-corrected chi connectivity index (χ4v) is 1.42. The first-order valence-corrected chi connectivity index (χ1v) is 4.31. The molecule has 0 aliphatic carbocycles. The molecule has 0 saturated heterocycles. The first kappa shape index (κ1) is 8.46. The molecule has 0 amide bonds. The molecule has 0 spiro atoms. The summed E-state index contributed by atoms with van der Waals surface area (Å²) in [7, 11) is 0. The van der Waals surface area contributed by atoms with E-state index in [-0.39, 0.29) is 0 Å². The first-order chi connectivity index (χ1) is 6.92. The Morgan fingerprint density at radius 2 is 2.21 bits per heavy atom. The smallest absolute Gasteiger partial charge is 0.0912 e. The molecule has 0 atom stereocenters. The molecule has 2 rings (SSSR count). The van der Waals surface area contributed by atoms with E-state index >= 15 is 0 Å². The normalized spacial score (nSPS) is 10.5. The van der Waals surface area contributed by atoms with Crippen LogP contribution in [0.1, 0.15) is 5.56 Å². The molecule has 1 heterocycles. The van der Waals surface area contributed by atoms with Gasteiger partial charge in [-0.05, 0) is 23.1 Å². The molecule has 2 nitrogen and oxygen atoms in total. The van der Waals surface area contributed by atoms with E-state index in [2.05, 4.69) is 4.98 Å². The van der Waals surface area contributed by atoms with Crippen molar-refractivity contribution in [3.05, 3.63) is 48.3 Å². The zero-order valence-corrected chi connectivity index (χ0v) is 7.51. The van der Waals surface area contributed by atoms with Crippen molar-refractivity contribution >= 4 is 16.8 Å². The molecule has 0 saturated carbocycles. The highest BCUT2D eigenvalue weighted by molar-refractivity contribution is 5.89. The molecule has 0 bridgehead atoms. The van der Waals surface area contributed by atoms with Crippen LogP contribution < -0.4 is 0 Å². The second-order valence-corrected chi connectivity index (χ2v) is 2.91. The molecular formula is C12H8N2. The number of benzene rings is 1. The second kappa shape index (κ2) is 3.71. The third-order valence-corrected chi connectivity index (χ3v) is 2.05. The Kier molecular flexibility index (Phi) is 2.24. The maximum absolute atomic E-state index is 8.45. The lowest BCUT2D eigenvalue weighted by atomic mass is 10.1. The first-order valence-electron chi connectivity index (χ1n) is 4.31. The summed E-state index contributed by atoms with van der Waals surface area (Å²) in [5.41, 5.74) is 1.05. The lowest BCUT2D eigenvalue weighted by molar-refractivity contribution is 1.36. The van der Waals surface area contributed by atoms with Crippen LogP contribution in [0.15, 0.2) is 42.7 Å². The zero-order valence-electron chi connectivity index (χ0n) is 7.51. The predicted octanol–water partition coefficient (Wildman–Crippen LogP) is 2.77. The van der Waals surface area contributed by atoms with Gasteiger partial charge < -0.3 is 0 Å². The third kappa shape index (κ3) is 1.48. The summed E-state index contributed by atoms with van der Waals surface area (Å²) >= 11 is 0. The number of fused-ring (bicyclic) bond motifs is 1. The predicted molar refractivity (Wildman–Crippen MR) is 56.4 cm³/mol. The van der Waals surface area contributed by atoms with E-state index in [4.69, 9.17) is 5.26 Å². The number of pyridine rings is 1. The van der Waals surface area contributed by atoms with Crippen LogP contribution in [0.25, 0.3) is 16.8 Å². The fourth-order valence-electron chi connectivity index (χ4n) is 1.42. The molecule has 0 aliphatic rings. The summed E-state index contributed by atoms with van der Waals surface area (Å²) in [4.78, 5) is 4.05. The molecule has 2 aromatic rings. The Hall–Kier alpha value is -2.14. The van der Waals surface area contributed by atoms with Gasteiger partial charge in [0.15, 0.2) is 0 Å². The number of nitriles is 1. The van der Waals surface area contributed by atoms with Crippen molar-refractivity contribution in [2.45, 2.75) is 0 Å². The molecule has 2 heteroatoms. The Balaban J connectivity index is 2.66. The maximum Gasteiger partial charge on any atom is 0.0912 e. The summed E-state index contributed by atoms with van der Waals surface area (Å²) in [6.07, 6.45) is 6.86. The molecule has 66 valence electrons. The quantitative estimate of drug-likeness (QED) is 0.633. The lowest BCUT2D eigenvalue weighted by Crippen LogP contribution is -1.78. The number of hydrogen-bond acceptors (Lipinski definition) is 2. The van der Waals surface area contributed by atoms with Crippen molar-refractivity contribution in [1.29, 1.82) is 5.26 Å². The van der Waals surface area contributed by atoms with E-state index in [0.29, 0.717) is 0 Å². The number of aromatic nitrogens is 1. The van der Waals surface area contributed by atoms with Crippen molar-refractivity contribution in [3.63, 3.8) is 0 Å².